The Morgan fingerprint density at radius 3 is 2.94 bits per heavy atom. The van der Waals surface area contributed by atoms with Gasteiger partial charge in [-0.25, -0.2) is 12.8 Å². The molecule has 1 fully saturated rings. The third-order valence-electron chi connectivity index (χ3n) is 3.99. The largest absolute Gasteiger partial charge is 0.306 e. The summed E-state index contributed by atoms with van der Waals surface area (Å²) in [6.07, 6.45) is 1.08. The molecule has 5 heteroatoms. The van der Waals surface area contributed by atoms with Gasteiger partial charge in [0, 0.05) is 12.1 Å². The van der Waals surface area contributed by atoms with Gasteiger partial charge in [-0.1, -0.05) is 6.07 Å². The highest BCUT2D eigenvalue weighted by Crippen LogP contribution is 2.38. The molecule has 2 aliphatic rings. The van der Waals surface area contributed by atoms with Crippen molar-refractivity contribution in [3.05, 3.63) is 35.1 Å². The molecule has 1 heterocycles. The van der Waals surface area contributed by atoms with Crippen LogP contribution in [0, 0.1) is 5.82 Å². The molecule has 0 aromatic heterocycles. The minimum atomic E-state index is -3.10. The normalized spacial score (nSPS) is 33.6. The highest BCUT2D eigenvalue weighted by atomic mass is 32.2. The summed E-state index contributed by atoms with van der Waals surface area (Å²) in [5.41, 5.74) is 1.77. The molecule has 98 valence electrons. The lowest BCUT2D eigenvalue weighted by molar-refractivity contribution is 0.460. The predicted molar refractivity (Wildman–Crippen MR) is 67.6 cm³/mol. The molecule has 1 aromatic rings. The standard InChI is InChI=1S/C13H16FNO2S/c1-8-4-5-18(16,17)12-7-9-6-10(14)2-3-11(9)13(12)15-8/h2-3,6,8,12-13,15H,4-5,7H2,1H3. The van der Waals surface area contributed by atoms with Crippen molar-refractivity contribution in [1.29, 1.82) is 0 Å². The van der Waals surface area contributed by atoms with Crippen molar-refractivity contribution in [2.45, 2.75) is 37.1 Å². The van der Waals surface area contributed by atoms with Crippen LogP contribution in [0.3, 0.4) is 0 Å². The topological polar surface area (TPSA) is 46.2 Å². The van der Waals surface area contributed by atoms with Crippen molar-refractivity contribution in [3.63, 3.8) is 0 Å². The lowest BCUT2D eigenvalue weighted by Gasteiger charge is -2.20. The van der Waals surface area contributed by atoms with Crippen molar-refractivity contribution in [1.82, 2.24) is 5.32 Å². The quantitative estimate of drug-likeness (QED) is 0.778. The predicted octanol–water partition coefficient (Wildman–Crippen LogP) is 1.59. The van der Waals surface area contributed by atoms with E-state index in [2.05, 4.69) is 5.32 Å². The van der Waals surface area contributed by atoms with Crippen LogP contribution >= 0.6 is 0 Å². The van der Waals surface area contributed by atoms with Crippen LogP contribution in [0.5, 0.6) is 0 Å². The van der Waals surface area contributed by atoms with Gasteiger partial charge in [0.25, 0.3) is 0 Å². The highest BCUT2D eigenvalue weighted by Gasteiger charge is 2.43. The van der Waals surface area contributed by atoms with Crippen LogP contribution in [0.1, 0.15) is 30.5 Å². The molecular formula is C13H16FNO2S. The Hall–Kier alpha value is -0.940. The lowest BCUT2D eigenvalue weighted by Crippen LogP contribution is -2.35. The van der Waals surface area contributed by atoms with E-state index in [1.807, 2.05) is 6.92 Å². The van der Waals surface area contributed by atoms with E-state index in [1.165, 1.54) is 12.1 Å². The first-order valence-corrected chi connectivity index (χ1v) is 7.95. The summed E-state index contributed by atoms with van der Waals surface area (Å²) in [5.74, 6) is -0.0747. The van der Waals surface area contributed by atoms with E-state index < -0.39 is 15.1 Å². The molecule has 0 amide bonds. The zero-order valence-electron chi connectivity index (χ0n) is 10.2. The van der Waals surface area contributed by atoms with Gasteiger partial charge in [-0.15, -0.1) is 0 Å². The first-order chi connectivity index (χ1) is 8.47. The summed E-state index contributed by atoms with van der Waals surface area (Å²) in [7, 11) is -3.10. The molecule has 1 aliphatic carbocycles. The van der Waals surface area contributed by atoms with E-state index in [0.29, 0.717) is 12.8 Å². The van der Waals surface area contributed by atoms with Crippen LogP contribution in [-0.4, -0.2) is 25.5 Å². The summed E-state index contributed by atoms with van der Waals surface area (Å²) in [5, 5.41) is 2.94. The summed E-state index contributed by atoms with van der Waals surface area (Å²) < 4.78 is 37.7. The van der Waals surface area contributed by atoms with Gasteiger partial charge in [-0.3, -0.25) is 0 Å². The maximum Gasteiger partial charge on any atom is 0.155 e. The van der Waals surface area contributed by atoms with Gasteiger partial charge < -0.3 is 5.32 Å². The number of benzene rings is 1. The number of rotatable bonds is 0. The molecule has 3 rings (SSSR count). The number of halogens is 1. The molecule has 0 spiro atoms. The van der Waals surface area contributed by atoms with Gasteiger partial charge in [0.1, 0.15) is 5.82 Å². The van der Waals surface area contributed by atoms with E-state index in [1.54, 1.807) is 6.07 Å². The second-order valence-corrected chi connectivity index (χ2v) is 7.63. The Morgan fingerprint density at radius 1 is 1.39 bits per heavy atom. The van der Waals surface area contributed by atoms with Gasteiger partial charge in [-0.2, -0.15) is 0 Å². The molecule has 3 unspecified atom stereocenters. The molecule has 18 heavy (non-hydrogen) atoms. The lowest BCUT2D eigenvalue weighted by atomic mass is 10.1. The molecule has 1 aliphatic heterocycles. The molecule has 3 atom stereocenters. The van der Waals surface area contributed by atoms with Gasteiger partial charge in [-0.05, 0) is 43.0 Å². The Bertz CT molecular complexity index is 585. The first-order valence-electron chi connectivity index (χ1n) is 6.23. The molecule has 1 aromatic carbocycles. The maximum absolute atomic E-state index is 13.2. The van der Waals surface area contributed by atoms with Gasteiger partial charge >= 0.3 is 0 Å². The number of hydrogen-bond donors (Lipinski definition) is 1. The maximum atomic E-state index is 13.2. The second-order valence-electron chi connectivity index (χ2n) is 5.29. The van der Waals surface area contributed by atoms with Crippen LogP contribution in [0.4, 0.5) is 4.39 Å². The van der Waals surface area contributed by atoms with E-state index in [0.717, 1.165) is 11.1 Å². The number of nitrogens with one attached hydrogen (secondary N) is 1. The average Bonchev–Trinajstić information content (AvgIpc) is 2.60. The van der Waals surface area contributed by atoms with Crippen LogP contribution < -0.4 is 5.32 Å². The van der Waals surface area contributed by atoms with Crippen LogP contribution in [-0.2, 0) is 16.3 Å². The van der Waals surface area contributed by atoms with E-state index in [4.69, 9.17) is 0 Å². The van der Waals surface area contributed by atoms with Crippen molar-refractivity contribution in [2.75, 3.05) is 5.75 Å². The third kappa shape index (κ3) is 1.86. The van der Waals surface area contributed by atoms with Crippen molar-refractivity contribution in [3.8, 4) is 0 Å². The molecule has 1 saturated heterocycles. The zero-order valence-corrected chi connectivity index (χ0v) is 11.0. The highest BCUT2D eigenvalue weighted by molar-refractivity contribution is 7.92. The van der Waals surface area contributed by atoms with Crippen LogP contribution in [0.25, 0.3) is 0 Å². The van der Waals surface area contributed by atoms with Crippen molar-refractivity contribution in [2.24, 2.45) is 0 Å². The number of sulfone groups is 1. The smallest absolute Gasteiger partial charge is 0.155 e. The molecule has 0 radical (unpaired) electrons. The fourth-order valence-corrected chi connectivity index (χ4v) is 5.06. The fraction of sp³-hybridized carbons (Fsp3) is 0.538. The molecule has 0 saturated carbocycles. The van der Waals surface area contributed by atoms with Crippen LogP contribution in [0.2, 0.25) is 0 Å². The molecule has 0 bridgehead atoms. The summed E-state index contributed by atoms with van der Waals surface area (Å²) in [6.45, 7) is 2.00. The SMILES string of the molecule is CC1CCS(=O)(=O)C2Cc3cc(F)ccc3C2N1. The van der Waals surface area contributed by atoms with E-state index >= 15 is 0 Å². The van der Waals surface area contributed by atoms with Gasteiger partial charge in [0.2, 0.25) is 0 Å². The fourth-order valence-electron chi connectivity index (χ4n) is 3.00. The average molecular weight is 269 g/mol. The Balaban J connectivity index is 2.08. The van der Waals surface area contributed by atoms with Gasteiger partial charge in [0.15, 0.2) is 9.84 Å². The monoisotopic (exact) mass is 269 g/mol. The summed E-state index contributed by atoms with van der Waals surface area (Å²) in [6, 6.07) is 4.58. The van der Waals surface area contributed by atoms with E-state index in [-0.39, 0.29) is 23.7 Å². The number of hydrogen-bond acceptors (Lipinski definition) is 3. The number of fused-ring (bicyclic) bond motifs is 3. The van der Waals surface area contributed by atoms with Gasteiger partial charge in [0.05, 0.1) is 11.0 Å². The zero-order chi connectivity index (χ0) is 12.9. The third-order valence-corrected chi connectivity index (χ3v) is 6.16. The Kier molecular flexibility index (Phi) is 2.71. The summed E-state index contributed by atoms with van der Waals surface area (Å²) in [4.78, 5) is 0. The Morgan fingerprint density at radius 2 is 2.17 bits per heavy atom. The van der Waals surface area contributed by atoms with Crippen molar-refractivity contribution < 1.29 is 12.8 Å². The van der Waals surface area contributed by atoms with E-state index in [9.17, 15) is 12.8 Å². The van der Waals surface area contributed by atoms with Crippen molar-refractivity contribution >= 4 is 9.84 Å². The Labute approximate surface area is 106 Å². The minimum absolute atomic E-state index is 0.172. The second kappa shape index (κ2) is 4.03. The molecular weight excluding hydrogens is 253 g/mol. The van der Waals surface area contributed by atoms with Crippen LogP contribution in [0.15, 0.2) is 18.2 Å². The minimum Gasteiger partial charge on any atom is -0.306 e. The molecule has 3 nitrogen and oxygen atoms in total. The molecule has 1 N–H and O–H groups in total. The summed E-state index contributed by atoms with van der Waals surface area (Å²) >= 11 is 0. The first kappa shape index (κ1) is 12.1.